The van der Waals surface area contributed by atoms with Crippen molar-refractivity contribution in [3.05, 3.63) is 34.9 Å². The van der Waals surface area contributed by atoms with Crippen LogP contribution in [0, 0.1) is 6.92 Å². The van der Waals surface area contributed by atoms with Crippen LogP contribution >= 0.6 is 11.6 Å². The molecule has 0 aliphatic rings. The number of benzene rings is 1. The van der Waals surface area contributed by atoms with Gasteiger partial charge in [-0.15, -0.1) is 5.10 Å². The van der Waals surface area contributed by atoms with Gasteiger partial charge < -0.3 is 5.32 Å². The zero-order valence-electron chi connectivity index (χ0n) is 10.2. The SMILES string of the molecule is Cc1nc(C(=O)Nc2cc(S(N)(=O)=O)ccc2Cl)n[nH]1. The Labute approximate surface area is 119 Å². The quantitative estimate of drug-likeness (QED) is 0.766. The molecule has 10 heteroatoms. The molecular weight excluding hydrogens is 306 g/mol. The summed E-state index contributed by atoms with van der Waals surface area (Å²) in [6.45, 7) is 1.64. The van der Waals surface area contributed by atoms with E-state index in [9.17, 15) is 13.2 Å². The Morgan fingerprint density at radius 3 is 2.70 bits per heavy atom. The molecule has 0 fully saturated rings. The van der Waals surface area contributed by atoms with E-state index in [0.29, 0.717) is 5.82 Å². The highest BCUT2D eigenvalue weighted by atomic mass is 35.5. The zero-order valence-corrected chi connectivity index (χ0v) is 11.8. The van der Waals surface area contributed by atoms with Crippen LogP contribution < -0.4 is 10.5 Å². The van der Waals surface area contributed by atoms with E-state index in [1.54, 1.807) is 6.92 Å². The Morgan fingerprint density at radius 1 is 1.45 bits per heavy atom. The molecule has 1 heterocycles. The number of halogens is 1. The molecule has 8 nitrogen and oxygen atoms in total. The molecular formula is C10H10ClN5O3S. The number of carbonyl (C=O) groups excluding carboxylic acids is 1. The number of aromatic nitrogens is 3. The van der Waals surface area contributed by atoms with E-state index in [-0.39, 0.29) is 21.4 Å². The van der Waals surface area contributed by atoms with Crippen molar-refractivity contribution in [1.29, 1.82) is 0 Å². The van der Waals surface area contributed by atoms with E-state index in [1.165, 1.54) is 12.1 Å². The zero-order chi connectivity index (χ0) is 14.9. The highest BCUT2D eigenvalue weighted by Gasteiger charge is 2.15. The molecule has 2 aromatic rings. The van der Waals surface area contributed by atoms with Crippen molar-refractivity contribution >= 4 is 33.2 Å². The summed E-state index contributed by atoms with van der Waals surface area (Å²) in [4.78, 5) is 15.5. The predicted octanol–water partition coefficient (Wildman–Crippen LogP) is 0.666. The Balaban J connectivity index is 2.31. The summed E-state index contributed by atoms with van der Waals surface area (Å²) in [6.07, 6.45) is 0. The molecule has 0 spiro atoms. The predicted molar refractivity (Wildman–Crippen MR) is 71.9 cm³/mol. The van der Waals surface area contributed by atoms with Crippen molar-refractivity contribution in [2.45, 2.75) is 11.8 Å². The number of anilines is 1. The van der Waals surface area contributed by atoms with Crippen molar-refractivity contribution in [2.75, 3.05) is 5.32 Å². The van der Waals surface area contributed by atoms with Crippen LogP contribution in [0.1, 0.15) is 16.4 Å². The highest BCUT2D eigenvalue weighted by molar-refractivity contribution is 7.89. The number of nitrogens with one attached hydrogen (secondary N) is 2. The second kappa shape index (κ2) is 5.19. The number of rotatable bonds is 3. The van der Waals surface area contributed by atoms with Crippen LogP contribution in [0.3, 0.4) is 0 Å². The van der Waals surface area contributed by atoms with Crippen LogP contribution in [0.4, 0.5) is 5.69 Å². The Bertz CT molecular complexity index is 771. The van der Waals surface area contributed by atoms with Gasteiger partial charge in [0.1, 0.15) is 5.82 Å². The highest BCUT2D eigenvalue weighted by Crippen LogP contribution is 2.25. The number of hydrogen-bond acceptors (Lipinski definition) is 5. The first kappa shape index (κ1) is 14.4. The lowest BCUT2D eigenvalue weighted by atomic mass is 10.3. The maximum atomic E-state index is 11.8. The van der Waals surface area contributed by atoms with Crippen LogP contribution in [0.2, 0.25) is 5.02 Å². The number of hydrogen-bond donors (Lipinski definition) is 3. The molecule has 0 aliphatic carbocycles. The second-order valence-electron chi connectivity index (χ2n) is 3.89. The molecule has 0 unspecified atom stereocenters. The van der Waals surface area contributed by atoms with Crippen molar-refractivity contribution in [1.82, 2.24) is 15.2 Å². The average molecular weight is 316 g/mol. The summed E-state index contributed by atoms with van der Waals surface area (Å²) in [5, 5.41) is 13.8. The monoisotopic (exact) mass is 315 g/mol. The summed E-state index contributed by atoms with van der Waals surface area (Å²) in [5.74, 6) is -0.234. The number of carbonyl (C=O) groups is 1. The molecule has 106 valence electrons. The minimum absolute atomic E-state index is 0.0837. The van der Waals surface area contributed by atoms with E-state index in [0.717, 1.165) is 6.07 Å². The molecule has 0 saturated heterocycles. The van der Waals surface area contributed by atoms with Gasteiger partial charge in [0, 0.05) is 0 Å². The Hall–Kier alpha value is -1.97. The van der Waals surface area contributed by atoms with E-state index in [2.05, 4.69) is 20.5 Å². The molecule has 0 aliphatic heterocycles. The number of aromatic amines is 1. The summed E-state index contributed by atoms with van der Waals surface area (Å²) in [5.41, 5.74) is 0.102. The maximum Gasteiger partial charge on any atom is 0.295 e. The standard InChI is InChI=1S/C10H10ClN5O3S/c1-5-13-9(16-15-5)10(17)14-8-4-6(20(12,18)19)2-3-7(8)11/h2-4H,1H3,(H,14,17)(H2,12,18,19)(H,13,15,16). The normalized spacial score (nSPS) is 11.3. The molecule has 1 aromatic carbocycles. The van der Waals surface area contributed by atoms with Crippen LogP contribution in [0.5, 0.6) is 0 Å². The number of sulfonamides is 1. The molecule has 1 aromatic heterocycles. The number of nitrogens with two attached hydrogens (primary N) is 1. The molecule has 2 rings (SSSR count). The fourth-order valence-electron chi connectivity index (χ4n) is 1.40. The smallest absolute Gasteiger partial charge is 0.295 e. The van der Waals surface area contributed by atoms with Gasteiger partial charge in [0.2, 0.25) is 15.8 Å². The number of H-pyrrole nitrogens is 1. The van der Waals surface area contributed by atoms with Crippen LogP contribution in [0.15, 0.2) is 23.1 Å². The molecule has 0 atom stereocenters. The third-order valence-electron chi connectivity index (χ3n) is 2.31. The van der Waals surface area contributed by atoms with E-state index >= 15 is 0 Å². The van der Waals surface area contributed by atoms with E-state index < -0.39 is 15.9 Å². The number of primary sulfonamides is 1. The largest absolute Gasteiger partial charge is 0.318 e. The number of nitrogens with zero attached hydrogens (tertiary/aromatic N) is 2. The lowest BCUT2D eigenvalue weighted by Gasteiger charge is -2.07. The number of amides is 1. The molecule has 0 bridgehead atoms. The topological polar surface area (TPSA) is 131 Å². The summed E-state index contributed by atoms with van der Waals surface area (Å²) in [7, 11) is -3.89. The summed E-state index contributed by atoms with van der Waals surface area (Å²) >= 11 is 5.88. The average Bonchev–Trinajstić information content (AvgIpc) is 2.77. The van der Waals surface area contributed by atoms with Gasteiger partial charge in [0.15, 0.2) is 0 Å². The van der Waals surface area contributed by atoms with Gasteiger partial charge in [-0.25, -0.2) is 18.5 Å². The molecule has 0 radical (unpaired) electrons. The summed E-state index contributed by atoms with van der Waals surface area (Å²) < 4.78 is 22.5. The van der Waals surface area contributed by atoms with Crippen LogP contribution in [-0.2, 0) is 10.0 Å². The first-order valence-electron chi connectivity index (χ1n) is 5.30. The van der Waals surface area contributed by atoms with Crippen molar-refractivity contribution in [3.8, 4) is 0 Å². The first-order valence-corrected chi connectivity index (χ1v) is 7.22. The van der Waals surface area contributed by atoms with Gasteiger partial charge >= 0.3 is 0 Å². The van der Waals surface area contributed by atoms with Gasteiger partial charge in [-0.2, -0.15) is 0 Å². The van der Waals surface area contributed by atoms with Crippen LogP contribution in [-0.4, -0.2) is 29.5 Å². The number of aryl methyl sites for hydroxylation is 1. The molecule has 0 saturated carbocycles. The van der Waals surface area contributed by atoms with Gasteiger partial charge in [-0.3, -0.25) is 9.89 Å². The fourth-order valence-corrected chi connectivity index (χ4v) is 2.10. The van der Waals surface area contributed by atoms with E-state index in [1.807, 2.05) is 0 Å². The van der Waals surface area contributed by atoms with Gasteiger partial charge in [0.05, 0.1) is 15.6 Å². The van der Waals surface area contributed by atoms with Crippen molar-refractivity contribution < 1.29 is 13.2 Å². The molecule has 4 N–H and O–H groups in total. The first-order chi connectivity index (χ1) is 9.27. The maximum absolute atomic E-state index is 11.8. The molecule has 1 amide bonds. The second-order valence-corrected chi connectivity index (χ2v) is 5.85. The van der Waals surface area contributed by atoms with E-state index in [4.69, 9.17) is 16.7 Å². The summed E-state index contributed by atoms with van der Waals surface area (Å²) in [6, 6.07) is 3.72. The molecule has 20 heavy (non-hydrogen) atoms. The van der Waals surface area contributed by atoms with Crippen molar-refractivity contribution in [3.63, 3.8) is 0 Å². The van der Waals surface area contributed by atoms with Gasteiger partial charge in [-0.1, -0.05) is 11.6 Å². The Kier molecular flexibility index (Phi) is 3.75. The van der Waals surface area contributed by atoms with Gasteiger partial charge in [-0.05, 0) is 25.1 Å². The van der Waals surface area contributed by atoms with Gasteiger partial charge in [0.25, 0.3) is 5.91 Å². The van der Waals surface area contributed by atoms with Crippen LogP contribution in [0.25, 0.3) is 0 Å². The Morgan fingerprint density at radius 2 is 2.15 bits per heavy atom. The lowest BCUT2D eigenvalue weighted by molar-refractivity contribution is 0.101. The third-order valence-corrected chi connectivity index (χ3v) is 3.56. The third kappa shape index (κ3) is 3.13. The van der Waals surface area contributed by atoms with Crippen molar-refractivity contribution in [2.24, 2.45) is 5.14 Å². The lowest BCUT2D eigenvalue weighted by Crippen LogP contribution is -2.16. The fraction of sp³-hybridized carbons (Fsp3) is 0.100. The minimum atomic E-state index is -3.89. The minimum Gasteiger partial charge on any atom is -0.318 e.